The van der Waals surface area contributed by atoms with Gasteiger partial charge in [-0.2, -0.15) is 5.26 Å². The Morgan fingerprint density at radius 2 is 1.68 bits per heavy atom. The lowest BCUT2D eigenvalue weighted by Gasteiger charge is -2.23. The number of benzene rings is 2. The number of hydrogen-bond donors (Lipinski definition) is 1. The predicted molar refractivity (Wildman–Crippen MR) is 152 cm³/mol. The molecule has 38 heavy (non-hydrogen) atoms. The summed E-state index contributed by atoms with van der Waals surface area (Å²) in [4.78, 5) is 27.5. The first-order valence-corrected chi connectivity index (χ1v) is 14.0. The Balaban J connectivity index is 1.48. The molecule has 0 amide bonds. The third-order valence-electron chi connectivity index (χ3n) is 6.08. The monoisotopic (exact) mass is 543 g/mol. The summed E-state index contributed by atoms with van der Waals surface area (Å²) in [6.45, 7) is 6.75. The number of carboxylic acids is 1. The summed E-state index contributed by atoms with van der Waals surface area (Å²) in [6.07, 6.45) is 5.31. The average Bonchev–Trinajstić information content (AvgIpc) is 3.38. The molecule has 2 aromatic heterocycles. The second-order valence-corrected chi connectivity index (χ2v) is 12.1. The fourth-order valence-electron chi connectivity index (χ4n) is 3.67. The normalized spacial score (nSPS) is 11.2. The Morgan fingerprint density at radius 1 is 1.05 bits per heavy atom. The van der Waals surface area contributed by atoms with Crippen LogP contribution in [-0.2, 0) is 24.2 Å². The van der Waals surface area contributed by atoms with Crippen molar-refractivity contribution in [2.45, 2.75) is 49.2 Å². The third kappa shape index (κ3) is 6.97. The number of aliphatic carboxylic acids is 1. The van der Waals surface area contributed by atoms with Gasteiger partial charge in [0.15, 0.2) is 4.34 Å². The van der Waals surface area contributed by atoms with Crippen LogP contribution < -0.4 is 4.90 Å². The quantitative estimate of drug-likeness (QED) is 0.222. The number of rotatable bonds is 11. The van der Waals surface area contributed by atoms with Crippen molar-refractivity contribution >= 4 is 35.0 Å². The maximum absolute atomic E-state index is 11.5. The van der Waals surface area contributed by atoms with E-state index in [4.69, 9.17) is 5.26 Å². The summed E-state index contributed by atoms with van der Waals surface area (Å²) >= 11 is 2.74. The minimum atomic E-state index is -0.931. The van der Waals surface area contributed by atoms with Gasteiger partial charge in [-0.05, 0) is 54.7 Å². The van der Waals surface area contributed by atoms with E-state index in [2.05, 4.69) is 57.1 Å². The molecule has 1 N–H and O–H groups in total. The van der Waals surface area contributed by atoms with Crippen LogP contribution in [0.25, 0.3) is 11.1 Å². The lowest BCUT2D eigenvalue weighted by Crippen LogP contribution is -2.27. The average molecular weight is 544 g/mol. The Kier molecular flexibility index (Phi) is 8.77. The van der Waals surface area contributed by atoms with Crippen molar-refractivity contribution in [3.63, 3.8) is 0 Å². The maximum atomic E-state index is 11.5. The van der Waals surface area contributed by atoms with Gasteiger partial charge in [0.05, 0.1) is 17.3 Å². The molecule has 0 unspecified atom stereocenters. The summed E-state index contributed by atoms with van der Waals surface area (Å²) < 4.78 is -0.180. The first-order chi connectivity index (χ1) is 18.3. The fourth-order valence-corrected chi connectivity index (χ4v) is 5.89. The van der Waals surface area contributed by atoms with E-state index in [-0.39, 0.29) is 0 Å². The lowest BCUT2D eigenvalue weighted by molar-refractivity contribution is -0.138. The van der Waals surface area contributed by atoms with Crippen LogP contribution in [-0.4, -0.2) is 37.3 Å². The Labute approximate surface area is 231 Å². The number of aromatic nitrogens is 3. The number of carboxylic acid groups (broad SMARTS) is 1. The summed E-state index contributed by atoms with van der Waals surface area (Å²) in [5.74, 6) is -0.196. The van der Waals surface area contributed by atoms with Crippen molar-refractivity contribution < 1.29 is 9.90 Å². The van der Waals surface area contributed by atoms with Gasteiger partial charge in [-0.25, -0.2) is 15.0 Å². The molecule has 0 bridgehead atoms. The second-order valence-electron chi connectivity index (χ2n) is 9.32. The van der Waals surface area contributed by atoms with Crippen LogP contribution >= 0.6 is 23.1 Å². The molecule has 0 saturated heterocycles. The smallest absolute Gasteiger partial charge is 0.319 e. The van der Waals surface area contributed by atoms with E-state index in [1.165, 1.54) is 23.1 Å². The Hall–Kier alpha value is -3.74. The Bertz CT molecular complexity index is 1410. The zero-order valence-corrected chi connectivity index (χ0v) is 23.2. The highest BCUT2D eigenvalue weighted by Crippen LogP contribution is 2.34. The zero-order valence-electron chi connectivity index (χ0n) is 21.6. The van der Waals surface area contributed by atoms with E-state index in [1.54, 1.807) is 13.8 Å². The molecule has 0 saturated carbocycles. The largest absolute Gasteiger partial charge is 0.480 e. The van der Waals surface area contributed by atoms with Crippen LogP contribution in [0, 0.1) is 11.3 Å². The number of nitriles is 1. The van der Waals surface area contributed by atoms with Gasteiger partial charge in [-0.15, -0.1) is 11.3 Å². The fraction of sp³-hybridized carbons (Fsp3) is 0.276. The molecule has 0 atom stereocenters. The molecule has 0 spiro atoms. The van der Waals surface area contributed by atoms with Crippen molar-refractivity contribution in [1.29, 1.82) is 5.26 Å². The van der Waals surface area contributed by atoms with E-state index < -0.39 is 10.7 Å². The molecule has 194 valence electrons. The summed E-state index contributed by atoms with van der Waals surface area (Å²) in [7, 11) is 0. The van der Waals surface area contributed by atoms with E-state index >= 15 is 0 Å². The molecular formula is C29H29N5O2S2. The maximum Gasteiger partial charge on any atom is 0.319 e. The topological polar surface area (TPSA) is 103 Å². The molecule has 2 heterocycles. The lowest BCUT2D eigenvalue weighted by atomic mass is 10.0. The van der Waals surface area contributed by atoms with E-state index in [9.17, 15) is 9.90 Å². The van der Waals surface area contributed by atoms with Crippen molar-refractivity contribution in [2.75, 3.05) is 11.4 Å². The molecule has 0 aliphatic rings. The van der Waals surface area contributed by atoms with Crippen LogP contribution in [0.3, 0.4) is 0 Å². The van der Waals surface area contributed by atoms with Gasteiger partial charge in [0.1, 0.15) is 4.75 Å². The molecule has 4 aromatic rings. The predicted octanol–water partition coefficient (Wildman–Crippen LogP) is 6.24. The zero-order chi connectivity index (χ0) is 27.1. The van der Waals surface area contributed by atoms with Crippen LogP contribution in [0.1, 0.15) is 43.2 Å². The van der Waals surface area contributed by atoms with Crippen LogP contribution in [0.5, 0.6) is 0 Å². The molecule has 2 aromatic carbocycles. The highest BCUT2D eigenvalue weighted by Gasteiger charge is 2.29. The summed E-state index contributed by atoms with van der Waals surface area (Å²) in [5.41, 5.74) is 5.93. The summed E-state index contributed by atoms with van der Waals surface area (Å²) in [5, 5.41) is 20.4. The number of thioether (sulfide) groups is 1. The standard InChI is InChI=1S/C29H29N5O2S2/c1-4-20-16-31-27(32-17-20)34(14-13-25-19-37-28(33-25)38-29(2,3)26(35)36)18-22-7-11-24(12-8-22)23-9-5-21(15-30)6-10-23/h5-12,16-17,19H,4,13-14,18H2,1-3H3,(H,35,36). The first kappa shape index (κ1) is 27.3. The van der Waals surface area contributed by atoms with Crippen molar-refractivity contribution in [3.05, 3.63) is 88.7 Å². The molecule has 0 aliphatic heterocycles. The molecule has 0 aliphatic carbocycles. The van der Waals surface area contributed by atoms with Crippen molar-refractivity contribution in [3.8, 4) is 17.2 Å². The van der Waals surface area contributed by atoms with Gasteiger partial charge in [0, 0.05) is 37.3 Å². The molecule has 9 heteroatoms. The summed E-state index contributed by atoms with van der Waals surface area (Å²) in [6, 6.07) is 18.1. The minimum Gasteiger partial charge on any atom is -0.480 e. The van der Waals surface area contributed by atoms with Gasteiger partial charge >= 0.3 is 5.97 Å². The van der Waals surface area contributed by atoms with Crippen molar-refractivity contribution in [2.24, 2.45) is 0 Å². The number of hydrogen-bond acceptors (Lipinski definition) is 8. The third-order valence-corrected chi connectivity index (χ3v) is 8.26. The first-order valence-electron chi connectivity index (χ1n) is 12.3. The Morgan fingerprint density at radius 3 is 2.26 bits per heavy atom. The highest BCUT2D eigenvalue weighted by molar-refractivity contribution is 8.03. The second kappa shape index (κ2) is 12.2. The molecule has 4 rings (SSSR count). The van der Waals surface area contributed by atoms with E-state index in [0.717, 1.165) is 38.7 Å². The van der Waals surface area contributed by atoms with E-state index in [1.807, 2.05) is 42.0 Å². The molecule has 0 radical (unpaired) electrons. The highest BCUT2D eigenvalue weighted by atomic mass is 32.2. The number of nitrogens with zero attached hydrogens (tertiary/aromatic N) is 5. The number of carbonyl (C=O) groups is 1. The number of anilines is 1. The van der Waals surface area contributed by atoms with Crippen molar-refractivity contribution in [1.82, 2.24) is 15.0 Å². The van der Waals surface area contributed by atoms with Gasteiger partial charge in [0.25, 0.3) is 0 Å². The van der Waals surface area contributed by atoms with Gasteiger partial charge in [0.2, 0.25) is 5.95 Å². The SMILES string of the molecule is CCc1cnc(N(CCc2csc(SC(C)(C)C(=O)O)n2)Cc2ccc(-c3ccc(C#N)cc3)cc2)nc1. The molecule has 0 fully saturated rings. The van der Waals surface area contributed by atoms with Crippen LogP contribution in [0.15, 0.2) is 70.6 Å². The van der Waals surface area contributed by atoms with Crippen LogP contribution in [0.4, 0.5) is 5.95 Å². The number of thiazole rings is 1. The molecule has 7 nitrogen and oxygen atoms in total. The van der Waals surface area contributed by atoms with Gasteiger partial charge in [-0.1, -0.05) is 55.1 Å². The van der Waals surface area contributed by atoms with Crippen LogP contribution in [0.2, 0.25) is 0 Å². The number of aryl methyl sites for hydroxylation is 1. The van der Waals surface area contributed by atoms with Gasteiger partial charge < -0.3 is 10.0 Å². The molecular weight excluding hydrogens is 514 g/mol. The van der Waals surface area contributed by atoms with E-state index in [0.29, 0.717) is 31.0 Å². The minimum absolute atomic E-state index is 0.636. The van der Waals surface area contributed by atoms with Gasteiger partial charge in [-0.3, -0.25) is 4.79 Å².